The van der Waals surface area contributed by atoms with E-state index in [2.05, 4.69) is 16.0 Å². The van der Waals surface area contributed by atoms with Crippen molar-refractivity contribution in [2.24, 2.45) is 11.5 Å². The van der Waals surface area contributed by atoms with E-state index in [4.69, 9.17) is 16.9 Å². The summed E-state index contributed by atoms with van der Waals surface area (Å²) in [6, 6.07) is 13.0. The van der Waals surface area contributed by atoms with Gasteiger partial charge < -0.3 is 27.4 Å². The van der Waals surface area contributed by atoms with Crippen molar-refractivity contribution in [3.8, 4) is 0 Å². The molecule has 3 amide bonds. The molecule has 2 aromatic carbocycles. The number of nitro benzene ring substituents is 1. The first-order valence-corrected chi connectivity index (χ1v) is 13.4. The summed E-state index contributed by atoms with van der Waals surface area (Å²) in [6.07, 6.45) is 1.80. The third kappa shape index (κ3) is 7.15. The molecule has 0 unspecified atom stereocenters. The fraction of sp³-hybridized carbons (Fsp3) is 0.407. The van der Waals surface area contributed by atoms with E-state index in [1.165, 1.54) is 29.3 Å². The third-order valence-electron chi connectivity index (χ3n) is 7.34. The summed E-state index contributed by atoms with van der Waals surface area (Å²) in [7, 11) is 0. The second kappa shape index (κ2) is 12.7. The molecule has 4 rings (SSSR count). The number of nitrogens with zero attached hydrogens (tertiary/aromatic N) is 3. The maximum absolute atomic E-state index is 13.7. The van der Waals surface area contributed by atoms with Crippen LogP contribution >= 0.6 is 0 Å². The first kappa shape index (κ1) is 29.4. The Balaban J connectivity index is 1.46. The van der Waals surface area contributed by atoms with Gasteiger partial charge in [-0.05, 0) is 49.8 Å². The SMILES string of the molecule is N=C(N)NCCC[C@H](NC(=O)[C@@H]1CCN2CC[C@@](N)(Cc3ccccc3)C(=O)N12)C(=O)Nc1ccc([N+](=O)[O-])cc1. The van der Waals surface area contributed by atoms with Gasteiger partial charge in [-0.1, -0.05) is 30.3 Å². The molecule has 0 aromatic heterocycles. The Morgan fingerprint density at radius 2 is 1.85 bits per heavy atom. The molecule has 2 aliphatic heterocycles. The second-order valence-corrected chi connectivity index (χ2v) is 10.3. The summed E-state index contributed by atoms with van der Waals surface area (Å²) >= 11 is 0. The minimum Gasteiger partial charge on any atom is -0.370 e. The maximum Gasteiger partial charge on any atom is 0.269 e. The molecule has 2 aliphatic rings. The minimum atomic E-state index is -1.16. The Morgan fingerprint density at radius 1 is 1.15 bits per heavy atom. The molecule has 3 atom stereocenters. The number of nitro groups is 1. The normalized spacial score (nSPS) is 21.0. The zero-order valence-electron chi connectivity index (χ0n) is 22.5. The number of hydrogen-bond donors (Lipinski definition) is 6. The van der Waals surface area contributed by atoms with Gasteiger partial charge in [-0.15, -0.1) is 0 Å². The Bertz CT molecular complexity index is 1290. The number of anilines is 1. The van der Waals surface area contributed by atoms with Crippen LogP contribution in [0.5, 0.6) is 0 Å². The van der Waals surface area contributed by atoms with Gasteiger partial charge in [0.15, 0.2) is 5.96 Å². The Morgan fingerprint density at radius 3 is 2.51 bits per heavy atom. The van der Waals surface area contributed by atoms with Crippen molar-refractivity contribution < 1.29 is 19.3 Å². The summed E-state index contributed by atoms with van der Waals surface area (Å²) in [5.74, 6) is -1.54. The summed E-state index contributed by atoms with van der Waals surface area (Å²) < 4.78 is 0. The van der Waals surface area contributed by atoms with E-state index in [1.54, 1.807) is 0 Å². The van der Waals surface area contributed by atoms with E-state index >= 15 is 0 Å². The first-order chi connectivity index (χ1) is 19.6. The van der Waals surface area contributed by atoms with E-state index in [0.29, 0.717) is 51.0 Å². The van der Waals surface area contributed by atoms with Gasteiger partial charge in [0.25, 0.3) is 11.6 Å². The lowest BCUT2D eigenvalue weighted by Crippen LogP contribution is -2.67. The molecule has 0 aliphatic carbocycles. The van der Waals surface area contributed by atoms with Gasteiger partial charge in [-0.2, -0.15) is 0 Å². The Hall–Kier alpha value is -4.56. The predicted molar refractivity (Wildman–Crippen MR) is 151 cm³/mol. The number of nitrogens with one attached hydrogen (secondary N) is 4. The van der Waals surface area contributed by atoms with Crippen LogP contribution in [0.25, 0.3) is 0 Å². The standard InChI is InChI=1S/C27H35N9O5/c28-26(29)31-14-4-7-21(23(37)32-19-8-10-20(11-9-19)36(40)41)33-24(38)22-12-15-34-16-13-27(30,25(39)35(22)34)17-18-5-2-1-3-6-18/h1-3,5-6,8-11,21-22H,4,7,12-17,30H2,(H,32,37)(H,33,38)(H4,28,29,31)/t21-,22-,27+/m0/s1. The van der Waals surface area contributed by atoms with Gasteiger partial charge in [0.1, 0.15) is 17.6 Å². The van der Waals surface area contributed by atoms with Gasteiger partial charge in [-0.25, -0.2) is 5.01 Å². The molecule has 14 heteroatoms. The van der Waals surface area contributed by atoms with Crippen molar-refractivity contribution in [2.45, 2.75) is 49.7 Å². The molecule has 2 saturated heterocycles. The molecule has 14 nitrogen and oxygen atoms in total. The van der Waals surface area contributed by atoms with Crippen molar-refractivity contribution in [3.63, 3.8) is 0 Å². The van der Waals surface area contributed by atoms with Gasteiger partial charge in [-0.3, -0.25) is 34.9 Å². The molecular weight excluding hydrogens is 530 g/mol. The van der Waals surface area contributed by atoms with E-state index in [9.17, 15) is 24.5 Å². The van der Waals surface area contributed by atoms with E-state index in [0.717, 1.165) is 5.56 Å². The van der Waals surface area contributed by atoms with Crippen molar-refractivity contribution >= 4 is 35.1 Å². The molecule has 0 radical (unpaired) electrons. The summed E-state index contributed by atoms with van der Waals surface area (Å²) in [4.78, 5) is 50.8. The second-order valence-electron chi connectivity index (χ2n) is 10.3. The number of nitrogens with two attached hydrogens (primary N) is 2. The van der Waals surface area contributed by atoms with Crippen LogP contribution in [0, 0.1) is 15.5 Å². The number of carbonyl (C=O) groups excluding carboxylic acids is 3. The lowest BCUT2D eigenvalue weighted by Gasteiger charge is -2.44. The van der Waals surface area contributed by atoms with E-state index < -0.39 is 34.4 Å². The fourth-order valence-electron chi connectivity index (χ4n) is 5.18. The van der Waals surface area contributed by atoms with Crippen LogP contribution in [-0.2, 0) is 20.8 Å². The highest BCUT2D eigenvalue weighted by Gasteiger charge is 2.51. The lowest BCUT2D eigenvalue weighted by molar-refractivity contribution is -0.384. The summed E-state index contributed by atoms with van der Waals surface area (Å²) in [5, 5.41) is 29.7. The number of hydrogen-bond acceptors (Lipinski definition) is 8. The topological polar surface area (TPSA) is 213 Å². The number of guanidine groups is 1. The fourth-order valence-corrected chi connectivity index (χ4v) is 5.18. The minimum absolute atomic E-state index is 0.122. The summed E-state index contributed by atoms with van der Waals surface area (Å²) in [6.45, 7) is 1.34. The van der Waals surface area contributed by atoms with E-state index in [1.807, 2.05) is 35.3 Å². The quantitative estimate of drug-likeness (QED) is 0.0732. The molecule has 0 spiro atoms. The molecule has 218 valence electrons. The molecule has 0 bridgehead atoms. The van der Waals surface area contributed by atoms with Crippen LogP contribution in [0.1, 0.15) is 31.2 Å². The lowest BCUT2D eigenvalue weighted by atomic mass is 9.86. The van der Waals surface area contributed by atoms with Gasteiger partial charge in [0.05, 0.1) is 4.92 Å². The largest absolute Gasteiger partial charge is 0.370 e. The van der Waals surface area contributed by atoms with Crippen LogP contribution in [0.3, 0.4) is 0 Å². The van der Waals surface area contributed by atoms with Gasteiger partial charge in [0.2, 0.25) is 11.8 Å². The zero-order valence-corrected chi connectivity index (χ0v) is 22.5. The number of benzene rings is 2. The number of rotatable bonds is 11. The highest BCUT2D eigenvalue weighted by atomic mass is 16.6. The van der Waals surface area contributed by atoms with Crippen LogP contribution < -0.4 is 27.4 Å². The van der Waals surface area contributed by atoms with Crippen LogP contribution in [-0.4, -0.2) is 75.9 Å². The van der Waals surface area contributed by atoms with Crippen LogP contribution in [0.4, 0.5) is 11.4 Å². The Labute approximate surface area is 237 Å². The van der Waals surface area contributed by atoms with E-state index in [-0.39, 0.29) is 24.0 Å². The number of fused-ring (bicyclic) bond motifs is 1. The number of amides is 3. The smallest absolute Gasteiger partial charge is 0.269 e. The number of non-ortho nitro benzene ring substituents is 1. The molecule has 41 heavy (non-hydrogen) atoms. The van der Waals surface area contributed by atoms with Crippen LogP contribution in [0.15, 0.2) is 54.6 Å². The van der Waals surface area contributed by atoms with Crippen molar-refractivity contribution in [2.75, 3.05) is 25.0 Å². The predicted octanol–water partition coefficient (Wildman–Crippen LogP) is 0.443. The van der Waals surface area contributed by atoms with Crippen molar-refractivity contribution in [3.05, 3.63) is 70.3 Å². The summed E-state index contributed by atoms with van der Waals surface area (Å²) in [5.41, 5.74) is 11.9. The first-order valence-electron chi connectivity index (χ1n) is 13.4. The number of carbonyl (C=O) groups is 3. The van der Waals surface area contributed by atoms with Gasteiger partial charge >= 0.3 is 0 Å². The molecular formula is C27H35N9O5. The van der Waals surface area contributed by atoms with Crippen LogP contribution in [0.2, 0.25) is 0 Å². The number of hydrazine groups is 1. The molecule has 0 saturated carbocycles. The maximum atomic E-state index is 13.7. The molecule has 8 N–H and O–H groups in total. The average molecular weight is 566 g/mol. The Kier molecular flexibility index (Phi) is 9.14. The third-order valence-corrected chi connectivity index (χ3v) is 7.34. The van der Waals surface area contributed by atoms with Crippen molar-refractivity contribution in [1.29, 1.82) is 5.41 Å². The zero-order chi connectivity index (χ0) is 29.6. The molecule has 2 fully saturated rings. The monoisotopic (exact) mass is 565 g/mol. The van der Waals surface area contributed by atoms with Crippen molar-refractivity contribution in [1.82, 2.24) is 20.7 Å². The molecule has 2 aromatic rings. The molecule has 2 heterocycles. The van der Waals surface area contributed by atoms with Gasteiger partial charge in [0, 0.05) is 37.5 Å². The average Bonchev–Trinajstić information content (AvgIpc) is 3.38. The highest BCUT2D eigenvalue weighted by molar-refractivity contribution is 5.99. The highest BCUT2D eigenvalue weighted by Crippen LogP contribution is 2.31.